The van der Waals surface area contributed by atoms with Crippen LogP contribution in [0.3, 0.4) is 0 Å². The van der Waals surface area contributed by atoms with Gasteiger partial charge in [0.2, 0.25) is 0 Å². The number of aryl methyl sites for hydroxylation is 1. The number of nitrogens with zero attached hydrogens (tertiary/aromatic N) is 2. The molecule has 1 aromatic rings. The standard InChI is InChI=1S/C14H25N3O3/c1-10(2)5-6-19-7-8-20-13(18)9-17-12(4)14(15)11(3)16-17/h10H,5-9,15H2,1-4H3. The summed E-state index contributed by atoms with van der Waals surface area (Å²) >= 11 is 0. The Bertz CT molecular complexity index is 441. The van der Waals surface area contributed by atoms with Crippen LogP contribution in [0.25, 0.3) is 0 Å². The van der Waals surface area contributed by atoms with Gasteiger partial charge in [-0.15, -0.1) is 0 Å². The number of nitrogen functional groups attached to an aromatic ring is 1. The summed E-state index contributed by atoms with van der Waals surface area (Å²) in [5, 5.41) is 4.19. The molecule has 0 atom stereocenters. The van der Waals surface area contributed by atoms with Gasteiger partial charge < -0.3 is 15.2 Å². The zero-order chi connectivity index (χ0) is 15.1. The Morgan fingerprint density at radius 3 is 2.55 bits per heavy atom. The molecule has 0 aromatic carbocycles. The maximum Gasteiger partial charge on any atom is 0.327 e. The lowest BCUT2D eigenvalue weighted by Crippen LogP contribution is -2.18. The largest absolute Gasteiger partial charge is 0.462 e. The zero-order valence-corrected chi connectivity index (χ0v) is 12.8. The number of carbonyl (C=O) groups excluding carboxylic acids is 1. The van der Waals surface area contributed by atoms with Crippen LogP contribution in [0.1, 0.15) is 31.7 Å². The van der Waals surface area contributed by atoms with E-state index in [1.54, 1.807) is 4.68 Å². The van der Waals surface area contributed by atoms with Crippen LogP contribution in [0.15, 0.2) is 0 Å². The Hall–Kier alpha value is -1.56. The summed E-state index contributed by atoms with van der Waals surface area (Å²) in [5.41, 5.74) is 7.94. The minimum absolute atomic E-state index is 0.0792. The predicted molar refractivity (Wildman–Crippen MR) is 77.3 cm³/mol. The monoisotopic (exact) mass is 283 g/mol. The zero-order valence-electron chi connectivity index (χ0n) is 12.8. The van der Waals surface area contributed by atoms with Gasteiger partial charge in [-0.25, -0.2) is 0 Å². The van der Waals surface area contributed by atoms with Crippen molar-refractivity contribution in [1.82, 2.24) is 9.78 Å². The van der Waals surface area contributed by atoms with E-state index in [9.17, 15) is 4.79 Å². The smallest absolute Gasteiger partial charge is 0.327 e. The molecule has 0 aliphatic carbocycles. The van der Waals surface area contributed by atoms with Crippen molar-refractivity contribution in [2.24, 2.45) is 5.92 Å². The molecule has 0 bridgehead atoms. The van der Waals surface area contributed by atoms with Gasteiger partial charge in [0, 0.05) is 6.61 Å². The van der Waals surface area contributed by atoms with Crippen LogP contribution < -0.4 is 5.73 Å². The SMILES string of the molecule is Cc1nn(CC(=O)OCCOCCC(C)C)c(C)c1N. The molecule has 1 heterocycles. The fraction of sp³-hybridized carbons (Fsp3) is 0.714. The second-order valence-electron chi connectivity index (χ2n) is 5.26. The van der Waals surface area contributed by atoms with Crippen LogP contribution in [-0.4, -0.2) is 35.6 Å². The lowest BCUT2D eigenvalue weighted by Gasteiger charge is -2.08. The lowest BCUT2D eigenvalue weighted by molar-refractivity contribution is -0.146. The molecule has 0 spiro atoms. The van der Waals surface area contributed by atoms with Crippen LogP contribution in [0.4, 0.5) is 5.69 Å². The molecule has 0 unspecified atom stereocenters. The summed E-state index contributed by atoms with van der Waals surface area (Å²) in [5.74, 6) is 0.289. The Kier molecular flexibility index (Phi) is 6.51. The van der Waals surface area contributed by atoms with E-state index in [1.165, 1.54) is 0 Å². The average molecular weight is 283 g/mol. The number of esters is 1. The van der Waals surface area contributed by atoms with Gasteiger partial charge in [-0.2, -0.15) is 5.10 Å². The number of anilines is 1. The van der Waals surface area contributed by atoms with Gasteiger partial charge in [-0.05, 0) is 26.2 Å². The highest BCUT2D eigenvalue weighted by Gasteiger charge is 2.12. The molecule has 0 fully saturated rings. The average Bonchev–Trinajstić information content (AvgIpc) is 2.61. The van der Waals surface area contributed by atoms with Crippen LogP contribution in [0, 0.1) is 19.8 Å². The second-order valence-corrected chi connectivity index (χ2v) is 5.26. The van der Waals surface area contributed by atoms with Crippen molar-refractivity contribution in [3.8, 4) is 0 Å². The van der Waals surface area contributed by atoms with Crippen molar-refractivity contribution >= 4 is 11.7 Å². The van der Waals surface area contributed by atoms with E-state index in [0.29, 0.717) is 24.8 Å². The molecule has 0 aliphatic heterocycles. The summed E-state index contributed by atoms with van der Waals surface area (Å²) in [6.45, 7) is 9.40. The van der Waals surface area contributed by atoms with E-state index in [4.69, 9.17) is 15.2 Å². The topological polar surface area (TPSA) is 79.4 Å². The van der Waals surface area contributed by atoms with E-state index in [0.717, 1.165) is 17.8 Å². The van der Waals surface area contributed by atoms with Crippen molar-refractivity contribution in [2.45, 2.75) is 40.7 Å². The molecule has 20 heavy (non-hydrogen) atoms. The number of nitrogens with two attached hydrogens (primary N) is 1. The Morgan fingerprint density at radius 2 is 2.00 bits per heavy atom. The molecule has 0 radical (unpaired) electrons. The third-order valence-electron chi connectivity index (χ3n) is 3.05. The van der Waals surface area contributed by atoms with Crippen molar-refractivity contribution in [2.75, 3.05) is 25.6 Å². The molecule has 0 saturated carbocycles. The van der Waals surface area contributed by atoms with Crippen molar-refractivity contribution in [3.63, 3.8) is 0 Å². The van der Waals surface area contributed by atoms with Crippen LogP contribution in [0.5, 0.6) is 0 Å². The Labute approximate surface area is 120 Å². The van der Waals surface area contributed by atoms with E-state index in [-0.39, 0.29) is 19.1 Å². The van der Waals surface area contributed by atoms with E-state index < -0.39 is 0 Å². The summed E-state index contributed by atoms with van der Waals surface area (Å²) in [6.07, 6.45) is 1.01. The molecular weight excluding hydrogens is 258 g/mol. The number of carbonyl (C=O) groups is 1. The van der Waals surface area contributed by atoms with Crippen molar-refractivity contribution in [1.29, 1.82) is 0 Å². The molecule has 114 valence electrons. The van der Waals surface area contributed by atoms with Gasteiger partial charge in [-0.1, -0.05) is 13.8 Å². The molecule has 0 aliphatic rings. The Balaban J connectivity index is 2.22. The number of hydrogen-bond acceptors (Lipinski definition) is 5. The van der Waals surface area contributed by atoms with Gasteiger partial charge in [0.1, 0.15) is 13.2 Å². The molecule has 0 saturated heterocycles. The minimum Gasteiger partial charge on any atom is -0.462 e. The number of aromatic nitrogens is 2. The normalized spacial score (nSPS) is 11.1. The number of hydrogen-bond donors (Lipinski definition) is 1. The van der Waals surface area contributed by atoms with Gasteiger partial charge in [0.25, 0.3) is 0 Å². The fourth-order valence-electron chi connectivity index (χ4n) is 1.67. The quantitative estimate of drug-likeness (QED) is 0.580. The fourth-order valence-corrected chi connectivity index (χ4v) is 1.67. The summed E-state index contributed by atoms with van der Waals surface area (Å²) in [4.78, 5) is 11.6. The summed E-state index contributed by atoms with van der Waals surface area (Å²) in [7, 11) is 0. The lowest BCUT2D eigenvalue weighted by atomic mass is 10.1. The first-order valence-corrected chi connectivity index (χ1v) is 6.94. The first-order chi connectivity index (χ1) is 9.41. The highest BCUT2D eigenvalue weighted by Crippen LogP contribution is 2.14. The van der Waals surface area contributed by atoms with Crippen LogP contribution >= 0.6 is 0 Å². The van der Waals surface area contributed by atoms with Crippen molar-refractivity contribution in [3.05, 3.63) is 11.4 Å². The van der Waals surface area contributed by atoms with Crippen LogP contribution in [-0.2, 0) is 20.8 Å². The molecule has 6 nitrogen and oxygen atoms in total. The third kappa shape index (κ3) is 5.21. The molecular formula is C14H25N3O3. The maximum absolute atomic E-state index is 11.6. The highest BCUT2D eigenvalue weighted by atomic mass is 16.6. The summed E-state index contributed by atoms with van der Waals surface area (Å²) < 4.78 is 12.0. The Morgan fingerprint density at radius 1 is 1.30 bits per heavy atom. The van der Waals surface area contributed by atoms with Gasteiger partial charge in [0.15, 0.2) is 0 Å². The highest BCUT2D eigenvalue weighted by molar-refractivity contribution is 5.69. The second kappa shape index (κ2) is 7.89. The molecule has 6 heteroatoms. The van der Waals surface area contributed by atoms with Gasteiger partial charge in [-0.3, -0.25) is 9.48 Å². The van der Waals surface area contributed by atoms with Gasteiger partial charge >= 0.3 is 5.97 Å². The number of ether oxygens (including phenoxy) is 2. The first-order valence-electron chi connectivity index (χ1n) is 6.94. The van der Waals surface area contributed by atoms with Gasteiger partial charge in [0.05, 0.1) is 23.7 Å². The maximum atomic E-state index is 11.6. The first kappa shape index (κ1) is 16.5. The van der Waals surface area contributed by atoms with Crippen LogP contribution in [0.2, 0.25) is 0 Å². The van der Waals surface area contributed by atoms with E-state index in [1.807, 2.05) is 13.8 Å². The molecule has 1 rings (SSSR count). The predicted octanol–water partition coefficient (Wildman–Crippen LogP) is 1.69. The molecule has 0 amide bonds. The van der Waals surface area contributed by atoms with E-state index >= 15 is 0 Å². The van der Waals surface area contributed by atoms with E-state index in [2.05, 4.69) is 18.9 Å². The molecule has 1 aromatic heterocycles. The minimum atomic E-state index is -0.331. The third-order valence-corrected chi connectivity index (χ3v) is 3.05. The summed E-state index contributed by atoms with van der Waals surface area (Å²) in [6, 6.07) is 0. The molecule has 2 N–H and O–H groups in total. The van der Waals surface area contributed by atoms with Crippen molar-refractivity contribution < 1.29 is 14.3 Å². The number of rotatable bonds is 8.